The molecule has 0 bridgehead atoms. The Bertz CT molecular complexity index is 170. The molecule has 0 aliphatic carbocycles. The molecule has 0 aliphatic heterocycles. The van der Waals surface area contributed by atoms with E-state index in [1.54, 1.807) is 0 Å². The summed E-state index contributed by atoms with van der Waals surface area (Å²) in [4.78, 5) is 0. The van der Waals surface area contributed by atoms with Crippen molar-refractivity contribution in [1.29, 1.82) is 0 Å². The summed E-state index contributed by atoms with van der Waals surface area (Å²) in [7, 11) is 1.87. The van der Waals surface area contributed by atoms with Crippen molar-refractivity contribution in [2.24, 2.45) is 0 Å². The lowest BCUT2D eigenvalue weighted by molar-refractivity contribution is 0.141. The molecule has 0 spiro atoms. The molecule has 128 valence electrons. The average molecular weight is 335 g/mol. The van der Waals surface area contributed by atoms with Gasteiger partial charge in [-0.05, 0) is 24.3 Å². The molecule has 0 aromatic rings. The Hall–Kier alpha value is 0.660. The average Bonchev–Trinajstić information content (AvgIpc) is 2.51. The summed E-state index contributed by atoms with van der Waals surface area (Å²) in [5.74, 6) is 4.97. The van der Waals surface area contributed by atoms with Crippen molar-refractivity contribution < 1.29 is 4.74 Å². The van der Waals surface area contributed by atoms with Crippen LogP contribution in [0.25, 0.3) is 0 Å². The van der Waals surface area contributed by atoms with Gasteiger partial charge in [0.15, 0.2) is 0 Å². The van der Waals surface area contributed by atoms with Crippen LogP contribution in [-0.2, 0) is 4.74 Å². The minimum atomic E-state index is 0.450. The molecule has 0 saturated carbocycles. The van der Waals surface area contributed by atoms with E-state index in [4.69, 9.17) is 4.74 Å². The summed E-state index contributed by atoms with van der Waals surface area (Å²) in [5.41, 5.74) is 0. The van der Waals surface area contributed by atoms with Crippen molar-refractivity contribution >= 4 is 23.5 Å². The monoisotopic (exact) mass is 334 g/mol. The predicted octanol–water partition coefficient (Wildman–Crippen LogP) is 6.41. The molecule has 21 heavy (non-hydrogen) atoms. The second kappa shape index (κ2) is 18.7. The molecule has 0 aromatic carbocycles. The Morgan fingerprint density at radius 1 is 0.667 bits per heavy atom. The van der Waals surface area contributed by atoms with Crippen molar-refractivity contribution in [2.45, 2.75) is 84.2 Å². The summed E-state index contributed by atoms with van der Waals surface area (Å²) in [6.45, 7) is 4.55. The summed E-state index contributed by atoms with van der Waals surface area (Å²) >= 11 is 4.16. The predicted molar refractivity (Wildman–Crippen MR) is 103 cm³/mol. The van der Waals surface area contributed by atoms with Crippen molar-refractivity contribution in [1.82, 2.24) is 0 Å². The first kappa shape index (κ1) is 21.7. The molecule has 0 heterocycles. The zero-order chi connectivity index (χ0) is 15.6. The molecule has 0 saturated heterocycles. The Kier molecular flexibility index (Phi) is 19.3. The maximum Gasteiger partial charge on any atom is 0.0751 e. The van der Waals surface area contributed by atoms with Gasteiger partial charge in [-0.15, -0.1) is 0 Å². The van der Waals surface area contributed by atoms with E-state index in [1.807, 2.05) is 7.11 Å². The highest BCUT2D eigenvalue weighted by Crippen LogP contribution is 2.15. The largest absolute Gasteiger partial charge is 0.380 e. The molecule has 0 N–H and O–H groups in total. The fourth-order valence-electron chi connectivity index (χ4n) is 2.23. The third-order valence-electron chi connectivity index (χ3n) is 3.73. The number of thioether (sulfide) groups is 2. The van der Waals surface area contributed by atoms with Gasteiger partial charge in [0, 0.05) is 18.6 Å². The molecule has 0 aliphatic rings. The number of unbranched alkanes of at least 4 members (excludes halogenated alkanes) is 8. The fourth-order valence-corrected chi connectivity index (χ4v) is 4.56. The van der Waals surface area contributed by atoms with E-state index in [0.29, 0.717) is 6.10 Å². The zero-order valence-electron chi connectivity index (χ0n) is 14.7. The number of methoxy groups -OCH3 is 1. The number of hydrogen-bond donors (Lipinski definition) is 0. The molecular formula is C18H38OS2. The first-order chi connectivity index (χ1) is 10.3. The van der Waals surface area contributed by atoms with Gasteiger partial charge >= 0.3 is 0 Å². The quantitative estimate of drug-likeness (QED) is 0.284. The summed E-state index contributed by atoms with van der Waals surface area (Å²) in [5, 5.41) is 0. The molecule has 0 fully saturated rings. The highest BCUT2D eigenvalue weighted by Gasteiger charge is 2.07. The first-order valence-electron chi connectivity index (χ1n) is 9.03. The zero-order valence-corrected chi connectivity index (χ0v) is 16.3. The van der Waals surface area contributed by atoms with Crippen LogP contribution in [0.4, 0.5) is 0 Å². The number of hydrogen-bond acceptors (Lipinski definition) is 3. The van der Waals surface area contributed by atoms with Crippen LogP contribution in [0.1, 0.15) is 78.1 Å². The lowest BCUT2D eigenvalue weighted by Gasteiger charge is -2.14. The highest BCUT2D eigenvalue weighted by molar-refractivity contribution is 8.00. The van der Waals surface area contributed by atoms with Gasteiger partial charge in [0.1, 0.15) is 0 Å². The summed E-state index contributed by atoms with van der Waals surface area (Å²) < 4.78 is 5.60. The van der Waals surface area contributed by atoms with Gasteiger partial charge in [-0.25, -0.2) is 0 Å². The SMILES string of the molecule is CCCCCCCSCC(CSCCCCCCC)OC. The third kappa shape index (κ3) is 16.9. The van der Waals surface area contributed by atoms with Gasteiger partial charge in [0.05, 0.1) is 6.10 Å². The molecule has 0 radical (unpaired) electrons. The van der Waals surface area contributed by atoms with Gasteiger partial charge in [0.25, 0.3) is 0 Å². The lowest BCUT2D eigenvalue weighted by atomic mass is 10.2. The lowest BCUT2D eigenvalue weighted by Crippen LogP contribution is -2.17. The Labute approximate surface area is 142 Å². The minimum Gasteiger partial charge on any atom is -0.380 e. The maximum atomic E-state index is 5.60. The van der Waals surface area contributed by atoms with Crippen LogP contribution in [0.3, 0.4) is 0 Å². The van der Waals surface area contributed by atoms with Gasteiger partial charge in [-0.2, -0.15) is 23.5 Å². The first-order valence-corrected chi connectivity index (χ1v) is 11.3. The second-order valence-electron chi connectivity index (χ2n) is 5.84. The van der Waals surface area contributed by atoms with E-state index >= 15 is 0 Å². The Morgan fingerprint density at radius 3 is 1.48 bits per heavy atom. The van der Waals surface area contributed by atoms with E-state index in [9.17, 15) is 0 Å². The van der Waals surface area contributed by atoms with E-state index < -0.39 is 0 Å². The molecule has 0 rings (SSSR count). The molecule has 0 aromatic heterocycles. The fraction of sp³-hybridized carbons (Fsp3) is 1.00. The topological polar surface area (TPSA) is 9.23 Å². The van der Waals surface area contributed by atoms with Crippen LogP contribution < -0.4 is 0 Å². The maximum absolute atomic E-state index is 5.60. The van der Waals surface area contributed by atoms with Crippen molar-refractivity contribution in [3.8, 4) is 0 Å². The van der Waals surface area contributed by atoms with Crippen LogP contribution in [0, 0.1) is 0 Å². The van der Waals surface area contributed by atoms with Gasteiger partial charge < -0.3 is 4.74 Å². The highest BCUT2D eigenvalue weighted by atomic mass is 32.2. The van der Waals surface area contributed by atoms with Gasteiger partial charge in [-0.1, -0.05) is 65.2 Å². The number of ether oxygens (including phenoxy) is 1. The summed E-state index contributed by atoms with van der Waals surface area (Å²) in [6.07, 6.45) is 14.3. The van der Waals surface area contributed by atoms with E-state index in [2.05, 4.69) is 37.4 Å². The Balaban J connectivity index is 3.29. The van der Waals surface area contributed by atoms with Crippen molar-refractivity contribution in [2.75, 3.05) is 30.1 Å². The minimum absolute atomic E-state index is 0.450. The van der Waals surface area contributed by atoms with Crippen molar-refractivity contribution in [3.63, 3.8) is 0 Å². The van der Waals surface area contributed by atoms with Crippen LogP contribution >= 0.6 is 23.5 Å². The molecular weight excluding hydrogens is 296 g/mol. The Morgan fingerprint density at radius 2 is 1.10 bits per heavy atom. The van der Waals surface area contributed by atoms with E-state index in [1.165, 1.54) is 87.2 Å². The molecule has 0 unspecified atom stereocenters. The molecule has 0 atom stereocenters. The standard InChI is InChI=1S/C18H38OS2/c1-4-6-8-10-12-14-20-16-18(19-3)17-21-15-13-11-9-7-5-2/h18H,4-17H2,1-3H3. The van der Waals surface area contributed by atoms with E-state index in [-0.39, 0.29) is 0 Å². The molecule has 0 amide bonds. The molecule has 1 nitrogen and oxygen atoms in total. The normalized spacial score (nSPS) is 11.4. The van der Waals surface area contributed by atoms with Crippen LogP contribution in [-0.4, -0.2) is 36.2 Å². The molecule has 3 heteroatoms. The van der Waals surface area contributed by atoms with E-state index in [0.717, 1.165) is 0 Å². The third-order valence-corrected chi connectivity index (χ3v) is 6.09. The van der Waals surface area contributed by atoms with Crippen LogP contribution in [0.15, 0.2) is 0 Å². The van der Waals surface area contributed by atoms with Crippen LogP contribution in [0.5, 0.6) is 0 Å². The van der Waals surface area contributed by atoms with Crippen molar-refractivity contribution in [3.05, 3.63) is 0 Å². The summed E-state index contributed by atoms with van der Waals surface area (Å²) in [6, 6.07) is 0. The van der Waals surface area contributed by atoms with Gasteiger partial charge in [-0.3, -0.25) is 0 Å². The van der Waals surface area contributed by atoms with Crippen LogP contribution in [0.2, 0.25) is 0 Å². The van der Waals surface area contributed by atoms with Gasteiger partial charge in [0.2, 0.25) is 0 Å². The smallest absolute Gasteiger partial charge is 0.0751 e. The number of rotatable bonds is 17. The second-order valence-corrected chi connectivity index (χ2v) is 8.14.